The second-order valence-corrected chi connectivity index (χ2v) is 10.0. The van der Waals surface area contributed by atoms with Crippen molar-refractivity contribution in [3.63, 3.8) is 0 Å². The van der Waals surface area contributed by atoms with E-state index >= 15 is 0 Å². The number of fused-ring (bicyclic) bond motifs is 1. The van der Waals surface area contributed by atoms with Crippen molar-refractivity contribution in [2.75, 3.05) is 31.1 Å². The van der Waals surface area contributed by atoms with Crippen molar-refractivity contribution in [2.24, 2.45) is 5.73 Å². The Kier molecular flexibility index (Phi) is 7.34. The zero-order valence-electron chi connectivity index (χ0n) is 22.5. The van der Waals surface area contributed by atoms with E-state index in [0.717, 1.165) is 73.9 Å². The number of nitrogens with two attached hydrogens (primary N) is 1. The molecule has 0 saturated carbocycles. The van der Waals surface area contributed by atoms with Crippen molar-refractivity contribution in [2.45, 2.75) is 19.4 Å². The molecular weight excluding hydrogens is 514 g/mol. The minimum atomic E-state index is -0.579. The largest absolute Gasteiger partial charge is 0.364 e. The van der Waals surface area contributed by atoms with Gasteiger partial charge in [-0.3, -0.25) is 9.69 Å². The maximum Gasteiger partial charge on any atom is 0.269 e. The highest BCUT2D eigenvalue weighted by molar-refractivity contribution is 5.91. The zero-order chi connectivity index (χ0) is 28.2. The van der Waals surface area contributed by atoms with E-state index in [-0.39, 0.29) is 11.5 Å². The van der Waals surface area contributed by atoms with Crippen LogP contribution in [0.15, 0.2) is 79.0 Å². The number of imidazole rings is 1. The van der Waals surface area contributed by atoms with Crippen LogP contribution in [0.2, 0.25) is 0 Å². The standard InChI is InChI=1S/C31H29N9O/c32-20-26-34-15-14-27(35-26)39-18-4-16-38(17-5-19-39)21-22-8-10-23(11-9-22)29-30(24-6-2-1-3-7-24)40-28(36-29)13-12-25(37-40)31(33)41/h1-3,6-15H,4-5,16-19,21H2,(H2,33,41). The second kappa shape index (κ2) is 11.5. The molecule has 6 rings (SSSR count). The van der Waals surface area contributed by atoms with Crippen LogP contribution >= 0.6 is 0 Å². The van der Waals surface area contributed by atoms with Crippen LogP contribution in [0.4, 0.5) is 5.82 Å². The number of anilines is 1. The summed E-state index contributed by atoms with van der Waals surface area (Å²) in [7, 11) is 0. The zero-order valence-corrected chi connectivity index (χ0v) is 22.5. The fourth-order valence-electron chi connectivity index (χ4n) is 5.31. The lowest BCUT2D eigenvalue weighted by Crippen LogP contribution is -2.36. The van der Waals surface area contributed by atoms with E-state index in [2.05, 4.69) is 49.1 Å². The molecule has 1 aliphatic heterocycles. The highest BCUT2D eigenvalue weighted by Gasteiger charge is 2.19. The van der Waals surface area contributed by atoms with Gasteiger partial charge in [-0.2, -0.15) is 10.4 Å². The molecule has 1 fully saturated rings. The number of benzene rings is 2. The molecule has 0 bridgehead atoms. The Labute approximate surface area is 237 Å². The monoisotopic (exact) mass is 543 g/mol. The summed E-state index contributed by atoms with van der Waals surface area (Å²) < 4.78 is 1.70. The van der Waals surface area contributed by atoms with E-state index in [4.69, 9.17) is 16.0 Å². The van der Waals surface area contributed by atoms with E-state index in [1.807, 2.05) is 42.5 Å². The molecule has 204 valence electrons. The molecule has 0 atom stereocenters. The molecule has 3 aromatic heterocycles. The van der Waals surface area contributed by atoms with Gasteiger partial charge in [-0.25, -0.2) is 19.5 Å². The number of hydrogen-bond donors (Lipinski definition) is 1. The number of nitrogens with zero attached hydrogens (tertiary/aromatic N) is 8. The molecule has 0 unspecified atom stereocenters. The molecule has 0 spiro atoms. The van der Waals surface area contributed by atoms with Crippen LogP contribution in [-0.2, 0) is 6.54 Å². The third-order valence-electron chi connectivity index (χ3n) is 7.28. The SMILES string of the molecule is N#Cc1nccc(N2CCCN(Cc3ccc(-c4nc5ccc(C(N)=O)nn5c4-c4ccccc4)cc3)CCC2)n1. The van der Waals surface area contributed by atoms with Crippen molar-refractivity contribution in [3.8, 4) is 28.6 Å². The predicted octanol–water partition coefficient (Wildman–Crippen LogP) is 3.93. The van der Waals surface area contributed by atoms with Gasteiger partial charge in [0.15, 0.2) is 5.65 Å². The Morgan fingerprint density at radius 2 is 1.63 bits per heavy atom. The molecule has 41 heavy (non-hydrogen) atoms. The minimum absolute atomic E-state index is 0.189. The van der Waals surface area contributed by atoms with Gasteiger partial charge in [0.25, 0.3) is 5.91 Å². The van der Waals surface area contributed by atoms with E-state index in [1.54, 1.807) is 22.8 Å². The van der Waals surface area contributed by atoms with E-state index in [9.17, 15) is 4.79 Å². The van der Waals surface area contributed by atoms with Crippen LogP contribution in [0.3, 0.4) is 0 Å². The van der Waals surface area contributed by atoms with Gasteiger partial charge in [-0.05, 0) is 36.6 Å². The number of carbonyl (C=O) groups is 1. The molecule has 0 aliphatic carbocycles. The first kappa shape index (κ1) is 26.1. The highest BCUT2D eigenvalue weighted by atomic mass is 16.1. The van der Waals surface area contributed by atoms with E-state index < -0.39 is 5.91 Å². The topological polar surface area (TPSA) is 129 Å². The molecule has 1 saturated heterocycles. The van der Waals surface area contributed by atoms with Gasteiger partial charge in [-0.15, -0.1) is 0 Å². The average Bonchev–Trinajstić information content (AvgIpc) is 3.38. The Hall–Kier alpha value is -5.14. The van der Waals surface area contributed by atoms with Crippen LogP contribution in [0.5, 0.6) is 0 Å². The third kappa shape index (κ3) is 5.62. The summed E-state index contributed by atoms with van der Waals surface area (Å²) in [4.78, 5) is 29.8. The predicted molar refractivity (Wildman–Crippen MR) is 156 cm³/mol. The summed E-state index contributed by atoms with van der Waals surface area (Å²) in [5, 5.41) is 13.6. The number of carbonyl (C=O) groups excluding carboxylic acids is 1. The van der Waals surface area contributed by atoms with Gasteiger partial charge in [0, 0.05) is 50.0 Å². The lowest BCUT2D eigenvalue weighted by atomic mass is 10.0. The quantitative estimate of drug-likeness (QED) is 0.341. The van der Waals surface area contributed by atoms with Gasteiger partial charge in [0.1, 0.15) is 23.3 Å². The molecule has 4 heterocycles. The fraction of sp³-hybridized carbons (Fsp3) is 0.226. The first-order chi connectivity index (χ1) is 20.1. The maximum atomic E-state index is 11.8. The number of nitriles is 1. The van der Waals surface area contributed by atoms with Gasteiger partial charge >= 0.3 is 0 Å². The van der Waals surface area contributed by atoms with Crippen molar-refractivity contribution < 1.29 is 4.79 Å². The molecule has 10 nitrogen and oxygen atoms in total. The number of aromatic nitrogens is 5. The Morgan fingerprint density at radius 1 is 0.878 bits per heavy atom. The minimum Gasteiger partial charge on any atom is -0.364 e. The van der Waals surface area contributed by atoms with Gasteiger partial charge in [-0.1, -0.05) is 54.6 Å². The summed E-state index contributed by atoms with van der Waals surface area (Å²) in [5.41, 5.74) is 11.1. The van der Waals surface area contributed by atoms with Crippen molar-refractivity contribution in [1.82, 2.24) is 29.5 Å². The smallest absolute Gasteiger partial charge is 0.269 e. The Morgan fingerprint density at radius 3 is 2.34 bits per heavy atom. The number of primary amides is 1. The van der Waals surface area contributed by atoms with Crippen LogP contribution in [-0.4, -0.2) is 61.6 Å². The number of rotatable bonds is 6. The molecule has 1 amide bonds. The summed E-state index contributed by atoms with van der Waals surface area (Å²) in [6, 6.07) is 25.7. The summed E-state index contributed by atoms with van der Waals surface area (Å²) in [6.45, 7) is 4.60. The summed E-state index contributed by atoms with van der Waals surface area (Å²) >= 11 is 0. The maximum absolute atomic E-state index is 11.8. The van der Waals surface area contributed by atoms with Crippen molar-refractivity contribution in [3.05, 3.63) is 96.1 Å². The lowest BCUT2D eigenvalue weighted by Gasteiger charge is -2.31. The van der Waals surface area contributed by atoms with Crippen molar-refractivity contribution in [1.29, 1.82) is 5.26 Å². The van der Waals surface area contributed by atoms with Crippen LogP contribution in [0, 0.1) is 11.3 Å². The average molecular weight is 544 g/mol. The molecule has 1 aliphatic rings. The van der Waals surface area contributed by atoms with Crippen LogP contribution in [0.25, 0.3) is 28.2 Å². The first-order valence-corrected chi connectivity index (χ1v) is 13.6. The third-order valence-corrected chi connectivity index (χ3v) is 7.28. The Balaban J connectivity index is 1.19. The molecule has 0 radical (unpaired) electrons. The van der Waals surface area contributed by atoms with Gasteiger partial charge in [0.05, 0.1) is 5.69 Å². The number of hydrogen-bond acceptors (Lipinski definition) is 8. The van der Waals surface area contributed by atoms with Gasteiger partial charge < -0.3 is 10.6 Å². The van der Waals surface area contributed by atoms with Crippen molar-refractivity contribution >= 4 is 17.4 Å². The van der Waals surface area contributed by atoms with Crippen LogP contribution in [0.1, 0.15) is 34.7 Å². The lowest BCUT2D eigenvalue weighted by molar-refractivity contribution is 0.0994. The molecular formula is C31H29N9O. The Bertz CT molecular complexity index is 1710. The second-order valence-electron chi connectivity index (χ2n) is 10.0. The van der Waals surface area contributed by atoms with E-state index in [0.29, 0.717) is 5.65 Å². The van der Waals surface area contributed by atoms with Gasteiger partial charge in [0.2, 0.25) is 5.82 Å². The molecule has 10 heteroatoms. The normalized spacial score (nSPS) is 14.4. The molecule has 5 aromatic rings. The van der Waals surface area contributed by atoms with E-state index in [1.165, 1.54) is 5.56 Å². The summed E-state index contributed by atoms with van der Waals surface area (Å²) in [5.74, 6) is 0.453. The molecule has 2 aromatic carbocycles. The first-order valence-electron chi connectivity index (χ1n) is 13.6. The summed E-state index contributed by atoms with van der Waals surface area (Å²) in [6.07, 6.45) is 3.66. The molecule has 2 N–H and O–H groups in total. The highest BCUT2D eigenvalue weighted by Crippen LogP contribution is 2.32. The van der Waals surface area contributed by atoms with Crippen LogP contribution < -0.4 is 10.6 Å². The number of amides is 1. The fourth-order valence-corrected chi connectivity index (χ4v) is 5.31.